The summed E-state index contributed by atoms with van der Waals surface area (Å²) in [6, 6.07) is 0. The lowest BCUT2D eigenvalue weighted by Crippen LogP contribution is -2.38. The molecular formula is C25H50O2. The van der Waals surface area contributed by atoms with Crippen LogP contribution in [0, 0.1) is 28.6 Å². The van der Waals surface area contributed by atoms with E-state index in [1.165, 1.54) is 6.42 Å². The third kappa shape index (κ3) is 10.5. The maximum Gasteiger partial charge on any atom is 0.309 e. The van der Waals surface area contributed by atoms with Gasteiger partial charge in [0.15, 0.2) is 0 Å². The molecule has 0 rings (SSSR count). The van der Waals surface area contributed by atoms with E-state index >= 15 is 0 Å². The summed E-state index contributed by atoms with van der Waals surface area (Å²) in [4.78, 5) is 13.2. The van der Waals surface area contributed by atoms with E-state index in [2.05, 4.69) is 76.2 Å². The van der Waals surface area contributed by atoms with Gasteiger partial charge < -0.3 is 4.74 Å². The highest BCUT2D eigenvalue weighted by Gasteiger charge is 2.35. The number of hydrogen-bond acceptors (Lipinski definition) is 2. The highest BCUT2D eigenvalue weighted by atomic mass is 16.6. The minimum atomic E-state index is -0.284. The molecule has 0 spiro atoms. The van der Waals surface area contributed by atoms with E-state index in [4.69, 9.17) is 4.74 Å². The predicted molar refractivity (Wildman–Crippen MR) is 119 cm³/mol. The molecule has 0 aliphatic heterocycles. The molecule has 2 heteroatoms. The first-order valence-corrected chi connectivity index (χ1v) is 11.4. The Morgan fingerprint density at radius 3 is 1.59 bits per heavy atom. The smallest absolute Gasteiger partial charge is 0.309 e. The van der Waals surface area contributed by atoms with Crippen molar-refractivity contribution in [1.82, 2.24) is 0 Å². The average Bonchev–Trinajstić information content (AvgIpc) is 2.49. The minimum Gasteiger partial charge on any atom is -0.459 e. The van der Waals surface area contributed by atoms with Gasteiger partial charge in [0.2, 0.25) is 0 Å². The van der Waals surface area contributed by atoms with Crippen LogP contribution in [0.25, 0.3) is 0 Å². The molecule has 3 atom stereocenters. The van der Waals surface area contributed by atoms with Crippen LogP contribution in [0.4, 0.5) is 0 Å². The molecule has 0 aromatic heterocycles. The van der Waals surface area contributed by atoms with Crippen molar-refractivity contribution in [2.24, 2.45) is 28.6 Å². The molecule has 0 amide bonds. The van der Waals surface area contributed by atoms with Crippen molar-refractivity contribution >= 4 is 5.97 Å². The van der Waals surface area contributed by atoms with Crippen LogP contribution in [-0.4, -0.2) is 11.6 Å². The summed E-state index contributed by atoms with van der Waals surface area (Å²) in [5.74, 6) is 1.04. The van der Waals surface area contributed by atoms with E-state index in [1.807, 2.05) is 0 Å². The topological polar surface area (TPSA) is 26.3 Å². The maximum absolute atomic E-state index is 13.2. The van der Waals surface area contributed by atoms with Crippen molar-refractivity contribution < 1.29 is 9.53 Å². The maximum atomic E-state index is 13.2. The fourth-order valence-electron chi connectivity index (χ4n) is 4.61. The number of esters is 1. The lowest BCUT2D eigenvalue weighted by atomic mass is 9.76. The van der Waals surface area contributed by atoms with Crippen LogP contribution in [0.3, 0.4) is 0 Å². The van der Waals surface area contributed by atoms with Crippen molar-refractivity contribution in [3.05, 3.63) is 0 Å². The Labute approximate surface area is 171 Å². The molecule has 162 valence electrons. The third-order valence-electron chi connectivity index (χ3n) is 6.11. The summed E-state index contributed by atoms with van der Waals surface area (Å²) in [5.41, 5.74) is 0.286. The normalized spacial score (nSPS) is 16.7. The zero-order valence-corrected chi connectivity index (χ0v) is 20.5. The van der Waals surface area contributed by atoms with Crippen LogP contribution >= 0.6 is 0 Å². The Morgan fingerprint density at radius 2 is 1.22 bits per heavy atom. The fraction of sp³-hybridized carbons (Fsp3) is 0.960. The van der Waals surface area contributed by atoms with Crippen LogP contribution in [0.15, 0.2) is 0 Å². The predicted octanol–water partition coefficient (Wildman–Crippen LogP) is 8.04. The van der Waals surface area contributed by atoms with Crippen molar-refractivity contribution in [3.63, 3.8) is 0 Å². The second-order valence-electron chi connectivity index (χ2n) is 11.5. The molecule has 0 aromatic carbocycles. The van der Waals surface area contributed by atoms with Gasteiger partial charge in [-0.05, 0) is 67.6 Å². The summed E-state index contributed by atoms with van der Waals surface area (Å²) >= 11 is 0. The van der Waals surface area contributed by atoms with Crippen molar-refractivity contribution in [3.8, 4) is 0 Å². The van der Waals surface area contributed by atoms with Gasteiger partial charge in [0.1, 0.15) is 5.60 Å². The molecule has 0 bridgehead atoms. The van der Waals surface area contributed by atoms with Crippen molar-refractivity contribution in [1.29, 1.82) is 0 Å². The summed E-state index contributed by atoms with van der Waals surface area (Å²) in [5, 5.41) is 0. The molecule has 0 heterocycles. The van der Waals surface area contributed by atoms with E-state index in [1.54, 1.807) is 0 Å². The minimum absolute atomic E-state index is 0.00988. The van der Waals surface area contributed by atoms with Crippen molar-refractivity contribution in [2.75, 3.05) is 0 Å². The lowest BCUT2D eigenvalue weighted by molar-refractivity contribution is -0.169. The molecule has 0 fully saturated rings. The van der Waals surface area contributed by atoms with Gasteiger partial charge in [-0.3, -0.25) is 4.79 Å². The first-order chi connectivity index (χ1) is 12.2. The highest BCUT2D eigenvalue weighted by Crippen LogP contribution is 2.36. The van der Waals surface area contributed by atoms with E-state index in [-0.39, 0.29) is 22.9 Å². The standard InChI is InChI=1S/C25H50O2/c1-12-25(13-2,14-3)27-22(26)21(20(5)18-24(9,10)11)16-15-19(4)17-23(6,7)8/h19-21H,12-18H2,1-11H3. The molecule has 0 aliphatic rings. The van der Waals surface area contributed by atoms with Crippen LogP contribution < -0.4 is 0 Å². The van der Waals surface area contributed by atoms with E-state index in [0.717, 1.165) is 38.5 Å². The lowest BCUT2D eigenvalue weighted by Gasteiger charge is -2.35. The van der Waals surface area contributed by atoms with E-state index < -0.39 is 0 Å². The Morgan fingerprint density at radius 1 is 0.778 bits per heavy atom. The molecule has 0 aliphatic carbocycles. The van der Waals surface area contributed by atoms with E-state index in [9.17, 15) is 4.79 Å². The summed E-state index contributed by atoms with van der Waals surface area (Å²) < 4.78 is 6.18. The van der Waals surface area contributed by atoms with Gasteiger partial charge in [0.05, 0.1) is 5.92 Å². The van der Waals surface area contributed by atoms with Crippen LogP contribution in [0.1, 0.15) is 121 Å². The monoisotopic (exact) mass is 382 g/mol. The molecule has 27 heavy (non-hydrogen) atoms. The number of carbonyl (C=O) groups excluding carboxylic acids is 1. The van der Waals surface area contributed by atoms with Crippen LogP contribution in [0.2, 0.25) is 0 Å². The highest BCUT2D eigenvalue weighted by molar-refractivity contribution is 5.73. The third-order valence-corrected chi connectivity index (χ3v) is 6.11. The molecular weight excluding hydrogens is 332 g/mol. The van der Waals surface area contributed by atoms with Crippen LogP contribution in [-0.2, 0) is 9.53 Å². The average molecular weight is 383 g/mol. The quantitative estimate of drug-likeness (QED) is 0.338. The van der Waals surface area contributed by atoms with Crippen LogP contribution in [0.5, 0.6) is 0 Å². The van der Waals surface area contributed by atoms with Crippen molar-refractivity contribution in [2.45, 2.75) is 127 Å². The van der Waals surface area contributed by atoms with Gasteiger partial charge in [-0.25, -0.2) is 0 Å². The summed E-state index contributed by atoms with van der Waals surface area (Å²) in [7, 11) is 0. The second-order valence-corrected chi connectivity index (χ2v) is 11.5. The molecule has 3 unspecified atom stereocenters. The first kappa shape index (κ1) is 26.5. The Bertz CT molecular complexity index is 412. The summed E-state index contributed by atoms with van der Waals surface area (Å²) in [6.07, 6.45) is 6.98. The number of carbonyl (C=O) groups is 1. The Hall–Kier alpha value is -0.530. The van der Waals surface area contributed by atoms with E-state index in [0.29, 0.717) is 17.3 Å². The molecule has 0 saturated carbocycles. The van der Waals surface area contributed by atoms with Gasteiger partial charge >= 0.3 is 5.97 Å². The second kappa shape index (κ2) is 10.9. The largest absolute Gasteiger partial charge is 0.459 e. The SMILES string of the molecule is CCC(CC)(CC)OC(=O)C(CCC(C)CC(C)(C)C)C(C)CC(C)(C)C. The Balaban J connectivity index is 5.26. The first-order valence-electron chi connectivity index (χ1n) is 11.4. The number of rotatable bonds is 11. The van der Waals surface area contributed by atoms with Gasteiger partial charge in [0.25, 0.3) is 0 Å². The Kier molecular flexibility index (Phi) is 10.6. The molecule has 0 radical (unpaired) electrons. The molecule has 2 nitrogen and oxygen atoms in total. The molecule has 0 N–H and O–H groups in total. The zero-order chi connectivity index (χ0) is 21.5. The number of ether oxygens (including phenoxy) is 1. The van der Waals surface area contributed by atoms with Gasteiger partial charge in [-0.1, -0.05) is 76.2 Å². The molecule has 0 saturated heterocycles. The zero-order valence-electron chi connectivity index (χ0n) is 20.5. The van der Waals surface area contributed by atoms with Gasteiger partial charge in [-0.2, -0.15) is 0 Å². The van der Waals surface area contributed by atoms with Gasteiger partial charge in [-0.15, -0.1) is 0 Å². The summed E-state index contributed by atoms with van der Waals surface area (Å²) in [6.45, 7) is 24.7. The number of hydrogen-bond donors (Lipinski definition) is 0. The fourth-order valence-corrected chi connectivity index (χ4v) is 4.61. The van der Waals surface area contributed by atoms with Gasteiger partial charge in [0, 0.05) is 0 Å². The molecule has 0 aromatic rings.